The minimum absolute atomic E-state index is 0.235. The Balaban J connectivity index is 3.67. The van der Waals surface area contributed by atoms with Crippen molar-refractivity contribution in [1.29, 1.82) is 0 Å². The fourth-order valence-electron chi connectivity index (χ4n) is 0.995. The summed E-state index contributed by atoms with van der Waals surface area (Å²) in [5.74, 6) is 0. The molecule has 0 rings (SSSR count). The topological polar surface area (TPSA) is 9.23 Å². The zero-order chi connectivity index (χ0) is 9.23. The van der Waals surface area contributed by atoms with E-state index in [0.717, 1.165) is 19.4 Å². The van der Waals surface area contributed by atoms with Crippen molar-refractivity contribution in [1.82, 2.24) is 0 Å². The first-order valence-corrected chi connectivity index (χ1v) is 4.74. The molecular weight excluding hydrogens is 148 g/mol. The predicted octanol–water partition coefficient (Wildman–Crippen LogP) is 3.32. The number of ether oxygens (including phenoxy) is 1. The van der Waals surface area contributed by atoms with Gasteiger partial charge < -0.3 is 4.74 Å². The van der Waals surface area contributed by atoms with Crippen LogP contribution in [0.3, 0.4) is 0 Å². The van der Waals surface area contributed by atoms with Crippen molar-refractivity contribution in [3.63, 3.8) is 0 Å². The van der Waals surface area contributed by atoms with Crippen molar-refractivity contribution in [2.75, 3.05) is 6.61 Å². The molecule has 0 aliphatic rings. The summed E-state index contributed by atoms with van der Waals surface area (Å²) in [6.07, 6.45) is 9.70. The van der Waals surface area contributed by atoms with Gasteiger partial charge in [-0.3, -0.25) is 0 Å². The fraction of sp³-hybridized carbons (Fsp3) is 0.636. The van der Waals surface area contributed by atoms with Crippen molar-refractivity contribution in [2.24, 2.45) is 0 Å². The smallest absolute Gasteiger partial charge is 0.0789 e. The fourth-order valence-corrected chi connectivity index (χ4v) is 0.995. The molecule has 0 unspecified atom stereocenters. The minimum Gasteiger partial charge on any atom is -0.374 e. The molecule has 0 fully saturated rings. The number of hydrogen-bond donors (Lipinski definition) is 0. The lowest BCUT2D eigenvalue weighted by atomic mass is 10.2. The highest BCUT2D eigenvalue weighted by molar-refractivity contribution is 4.92. The molecule has 0 amide bonds. The molecule has 0 heterocycles. The number of unbranched alkanes of at least 4 members (excludes halogenated alkanes) is 1. The third-order valence-electron chi connectivity index (χ3n) is 1.59. The second-order valence-corrected chi connectivity index (χ2v) is 2.73. The van der Waals surface area contributed by atoms with Crippen molar-refractivity contribution in [3.8, 4) is 0 Å². The molecule has 1 heteroatoms. The van der Waals surface area contributed by atoms with E-state index in [9.17, 15) is 0 Å². The van der Waals surface area contributed by atoms with Crippen LogP contribution in [-0.4, -0.2) is 12.7 Å². The number of allylic oxidation sites excluding steroid dienone is 1. The Labute approximate surface area is 76.1 Å². The molecule has 0 aliphatic carbocycles. The van der Waals surface area contributed by atoms with Gasteiger partial charge in [0.15, 0.2) is 0 Å². The Kier molecular flexibility index (Phi) is 8.14. The van der Waals surface area contributed by atoms with Gasteiger partial charge in [0.1, 0.15) is 0 Å². The van der Waals surface area contributed by atoms with Crippen LogP contribution in [0.5, 0.6) is 0 Å². The summed E-state index contributed by atoms with van der Waals surface area (Å²) in [6.45, 7) is 8.66. The van der Waals surface area contributed by atoms with Gasteiger partial charge in [-0.1, -0.05) is 31.6 Å². The van der Waals surface area contributed by atoms with Crippen LogP contribution in [0, 0.1) is 0 Å². The van der Waals surface area contributed by atoms with Gasteiger partial charge in [0, 0.05) is 6.61 Å². The van der Waals surface area contributed by atoms with E-state index < -0.39 is 0 Å². The molecule has 0 N–H and O–H groups in total. The summed E-state index contributed by atoms with van der Waals surface area (Å²) in [5, 5.41) is 0. The molecular formula is C11H20O. The Morgan fingerprint density at radius 2 is 2.17 bits per heavy atom. The van der Waals surface area contributed by atoms with Crippen LogP contribution in [0.25, 0.3) is 0 Å². The lowest BCUT2D eigenvalue weighted by molar-refractivity contribution is 0.0984. The quantitative estimate of drug-likeness (QED) is 0.530. The van der Waals surface area contributed by atoms with Gasteiger partial charge in [-0.25, -0.2) is 0 Å². The van der Waals surface area contributed by atoms with E-state index in [-0.39, 0.29) is 6.10 Å². The van der Waals surface area contributed by atoms with E-state index in [1.807, 2.05) is 13.0 Å². The highest BCUT2D eigenvalue weighted by atomic mass is 16.5. The van der Waals surface area contributed by atoms with Crippen LogP contribution in [0.1, 0.15) is 33.1 Å². The van der Waals surface area contributed by atoms with E-state index in [4.69, 9.17) is 4.74 Å². The van der Waals surface area contributed by atoms with Gasteiger partial charge in [0.2, 0.25) is 0 Å². The minimum atomic E-state index is 0.235. The van der Waals surface area contributed by atoms with Crippen LogP contribution in [-0.2, 0) is 4.74 Å². The first-order chi connectivity index (χ1) is 5.85. The van der Waals surface area contributed by atoms with Gasteiger partial charge in [-0.2, -0.15) is 0 Å². The second kappa shape index (κ2) is 8.54. The molecule has 1 nitrogen and oxygen atoms in total. The Bertz CT molecular complexity index is 127. The molecule has 0 radical (unpaired) electrons. The van der Waals surface area contributed by atoms with E-state index in [0.29, 0.717) is 0 Å². The summed E-state index contributed by atoms with van der Waals surface area (Å²) in [5.41, 5.74) is 0. The van der Waals surface area contributed by atoms with Crippen molar-refractivity contribution in [2.45, 2.75) is 39.2 Å². The number of rotatable bonds is 7. The maximum Gasteiger partial charge on any atom is 0.0789 e. The average molecular weight is 168 g/mol. The highest BCUT2D eigenvalue weighted by Gasteiger charge is 1.98. The molecule has 0 spiro atoms. The summed E-state index contributed by atoms with van der Waals surface area (Å²) in [4.78, 5) is 0. The van der Waals surface area contributed by atoms with E-state index in [1.54, 1.807) is 0 Å². The zero-order valence-corrected chi connectivity index (χ0v) is 8.25. The van der Waals surface area contributed by atoms with E-state index >= 15 is 0 Å². The predicted molar refractivity (Wildman–Crippen MR) is 54.3 cm³/mol. The van der Waals surface area contributed by atoms with Crippen LogP contribution in [0.4, 0.5) is 0 Å². The van der Waals surface area contributed by atoms with Crippen LogP contribution >= 0.6 is 0 Å². The van der Waals surface area contributed by atoms with Crippen LogP contribution in [0.2, 0.25) is 0 Å². The van der Waals surface area contributed by atoms with Gasteiger partial charge >= 0.3 is 0 Å². The van der Waals surface area contributed by atoms with Gasteiger partial charge in [0.05, 0.1) is 6.10 Å². The molecule has 0 aliphatic heterocycles. The molecule has 0 saturated carbocycles. The molecule has 0 aromatic heterocycles. The first-order valence-electron chi connectivity index (χ1n) is 4.74. The summed E-state index contributed by atoms with van der Waals surface area (Å²) in [6, 6.07) is 0. The summed E-state index contributed by atoms with van der Waals surface area (Å²) < 4.78 is 5.47. The molecule has 0 bridgehead atoms. The monoisotopic (exact) mass is 168 g/mol. The molecule has 12 heavy (non-hydrogen) atoms. The van der Waals surface area contributed by atoms with Gasteiger partial charge in [-0.15, -0.1) is 6.58 Å². The lowest BCUT2D eigenvalue weighted by Gasteiger charge is -2.09. The van der Waals surface area contributed by atoms with Crippen molar-refractivity contribution < 1.29 is 4.74 Å². The second-order valence-electron chi connectivity index (χ2n) is 2.73. The van der Waals surface area contributed by atoms with E-state index in [1.165, 1.54) is 6.42 Å². The Hall–Kier alpha value is -0.560. The van der Waals surface area contributed by atoms with Crippen LogP contribution in [0.15, 0.2) is 24.8 Å². The summed E-state index contributed by atoms with van der Waals surface area (Å²) >= 11 is 0. The van der Waals surface area contributed by atoms with Crippen LogP contribution < -0.4 is 0 Å². The molecule has 0 aromatic carbocycles. The molecule has 0 saturated heterocycles. The Morgan fingerprint density at radius 1 is 1.42 bits per heavy atom. The maximum absolute atomic E-state index is 5.47. The largest absolute Gasteiger partial charge is 0.374 e. The average Bonchev–Trinajstić information content (AvgIpc) is 2.06. The molecule has 1 atom stereocenters. The standard InChI is InChI=1S/C11H20O/c1-4-7-8-10-11(9-5-2)12-6-3/h5,8,10-11H,2,4,6-7,9H2,1,3H3/b10-8+/t11-/m1/s1. The third-order valence-corrected chi connectivity index (χ3v) is 1.59. The zero-order valence-electron chi connectivity index (χ0n) is 8.25. The summed E-state index contributed by atoms with van der Waals surface area (Å²) in [7, 11) is 0. The Morgan fingerprint density at radius 3 is 2.67 bits per heavy atom. The third kappa shape index (κ3) is 6.17. The van der Waals surface area contributed by atoms with Crippen molar-refractivity contribution >= 4 is 0 Å². The number of hydrogen-bond acceptors (Lipinski definition) is 1. The lowest BCUT2D eigenvalue weighted by Crippen LogP contribution is -2.07. The normalized spacial score (nSPS) is 13.5. The SMILES string of the molecule is C=CC[C@H](/C=C/CCC)OCC. The van der Waals surface area contributed by atoms with Gasteiger partial charge in [0.25, 0.3) is 0 Å². The molecule has 0 aromatic rings. The first kappa shape index (κ1) is 11.4. The highest BCUT2D eigenvalue weighted by Crippen LogP contribution is 2.02. The van der Waals surface area contributed by atoms with Gasteiger partial charge in [-0.05, 0) is 19.8 Å². The van der Waals surface area contributed by atoms with Crippen molar-refractivity contribution in [3.05, 3.63) is 24.8 Å². The maximum atomic E-state index is 5.47. The molecule has 70 valence electrons. The van der Waals surface area contributed by atoms with E-state index in [2.05, 4.69) is 25.7 Å².